The second kappa shape index (κ2) is 7.29. The van der Waals surface area contributed by atoms with E-state index in [0.29, 0.717) is 0 Å². The summed E-state index contributed by atoms with van der Waals surface area (Å²) in [5, 5.41) is 0. The monoisotopic (exact) mass is 311 g/mol. The molecule has 1 rings (SSSR count). The Hall–Kier alpha value is -1.04. The molecule has 0 aliphatic rings. The van der Waals surface area contributed by atoms with Crippen LogP contribution < -0.4 is 4.72 Å². The van der Waals surface area contributed by atoms with Gasteiger partial charge < -0.3 is 9.29 Å². The number of hydrogen-bond acceptors (Lipinski definition) is 4. The Kier molecular flexibility index (Phi) is 6.25. The summed E-state index contributed by atoms with van der Waals surface area (Å²) in [7, 11) is 1.36. The normalized spacial score (nSPS) is 14.6. The molecule has 0 heterocycles. The maximum absolute atomic E-state index is 12.4. The van der Waals surface area contributed by atoms with Crippen LogP contribution in [0.15, 0.2) is 18.2 Å². The fourth-order valence-corrected chi connectivity index (χ4v) is 2.74. The third-order valence-corrected chi connectivity index (χ3v) is 5.04. The number of carbonyl (C=O) groups is 1. The predicted molar refractivity (Wildman–Crippen MR) is 86.3 cm³/mol. The second-order valence-electron chi connectivity index (χ2n) is 6.12. The Bertz CT molecular complexity index is 497. The lowest BCUT2D eigenvalue weighted by atomic mass is 9.96. The van der Waals surface area contributed by atoms with E-state index in [2.05, 4.69) is 4.72 Å². The Morgan fingerprint density at radius 1 is 1.38 bits per heavy atom. The lowest BCUT2D eigenvalue weighted by molar-refractivity contribution is -0.141. The van der Waals surface area contributed by atoms with E-state index in [1.807, 2.05) is 52.8 Å². The van der Waals surface area contributed by atoms with Crippen LogP contribution >= 0.6 is 0 Å². The molecule has 0 aliphatic heterocycles. The number of benzene rings is 1. The summed E-state index contributed by atoms with van der Waals surface area (Å²) in [4.78, 5) is 11.7. The molecule has 1 aromatic carbocycles. The number of nitrogens with one attached hydrogen (secondary N) is 1. The van der Waals surface area contributed by atoms with Gasteiger partial charge in [-0.1, -0.05) is 18.2 Å². The minimum atomic E-state index is -1.26. The van der Waals surface area contributed by atoms with Gasteiger partial charge in [-0.05, 0) is 51.3 Å². The van der Waals surface area contributed by atoms with Gasteiger partial charge in [-0.2, -0.15) is 0 Å². The molecule has 0 bridgehead atoms. The Morgan fingerprint density at radius 3 is 2.52 bits per heavy atom. The van der Waals surface area contributed by atoms with Gasteiger partial charge in [0.25, 0.3) is 0 Å². The van der Waals surface area contributed by atoms with Gasteiger partial charge in [0.15, 0.2) is 0 Å². The molecule has 21 heavy (non-hydrogen) atoms. The molecule has 5 heteroatoms. The number of carbonyl (C=O) groups excluding carboxylic acids is 1. The molecule has 1 N–H and O–H groups in total. The first-order valence-electron chi connectivity index (χ1n) is 6.97. The van der Waals surface area contributed by atoms with Gasteiger partial charge >= 0.3 is 5.97 Å². The maximum atomic E-state index is 12.4. The summed E-state index contributed by atoms with van der Waals surface area (Å²) < 4.78 is 19.8. The largest absolute Gasteiger partial charge is 0.598 e. The topological polar surface area (TPSA) is 61.4 Å². The van der Waals surface area contributed by atoms with Crippen LogP contribution in [0.5, 0.6) is 0 Å². The molecule has 0 fully saturated rings. The fourth-order valence-electron chi connectivity index (χ4n) is 1.92. The van der Waals surface area contributed by atoms with Crippen molar-refractivity contribution >= 4 is 17.3 Å². The molecule has 0 aliphatic carbocycles. The number of esters is 1. The Balaban J connectivity index is 3.07. The first kappa shape index (κ1) is 18.0. The van der Waals surface area contributed by atoms with Gasteiger partial charge in [0.05, 0.1) is 19.6 Å². The van der Waals surface area contributed by atoms with Crippen LogP contribution in [-0.4, -0.2) is 22.4 Å². The summed E-state index contributed by atoms with van der Waals surface area (Å²) in [5.74, 6) is -0.320. The number of ether oxygens (including phenoxy) is 1. The lowest BCUT2D eigenvalue weighted by Gasteiger charge is -2.28. The molecule has 2 atom stereocenters. The molecule has 118 valence electrons. The zero-order valence-corrected chi connectivity index (χ0v) is 14.5. The standard InChI is InChI=1S/C16H25NO3S/c1-11-8-7-9-13(12(11)2)14(10-15(18)20-6)17-21(19)16(3,4)5/h7-9,14,17H,10H2,1-6H3/t14-,21?/m0/s1. The van der Waals surface area contributed by atoms with Crippen LogP contribution in [0.4, 0.5) is 0 Å². The van der Waals surface area contributed by atoms with Gasteiger partial charge in [-0.3, -0.25) is 4.79 Å². The lowest BCUT2D eigenvalue weighted by Crippen LogP contribution is -2.42. The van der Waals surface area contributed by atoms with E-state index in [9.17, 15) is 9.35 Å². The maximum Gasteiger partial charge on any atom is 0.307 e. The highest BCUT2D eigenvalue weighted by molar-refractivity contribution is 7.90. The summed E-state index contributed by atoms with van der Waals surface area (Å²) in [5.41, 5.74) is 3.23. The summed E-state index contributed by atoms with van der Waals surface area (Å²) >= 11 is -1.26. The molecule has 0 aromatic heterocycles. The van der Waals surface area contributed by atoms with Crippen molar-refractivity contribution < 1.29 is 14.1 Å². The molecule has 0 spiro atoms. The van der Waals surface area contributed by atoms with E-state index in [1.54, 1.807) is 0 Å². The molecule has 0 radical (unpaired) electrons. The fraction of sp³-hybridized carbons (Fsp3) is 0.562. The van der Waals surface area contributed by atoms with Crippen molar-refractivity contribution in [2.24, 2.45) is 0 Å². The smallest absolute Gasteiger partial charge is 0.307 e. The van der Waals surface area contributed by atoms with E-state index < -0.39 is 16.1 Å². The van der Waals surface area contributed by atoms with Gasteiger partial charge in [0, 0.05) is 11.4 Å². The highest BCUT2D eigenvalue weighted by Gasteiger charge is 2.31. The molecule has 0 saturated carbocycles. The molecule has 0 saturated heterocycles. The quantitative estimate of drug-likeness (QED) is 0.671. The van der Waals surface area contributed by atoms with E-state index in [4.69, 9.17) is 4.74 Å². The van der Waals surface area contributed by atoms with E-state index in [0.717, 1.165) is 16.7 Å². The van der Waals surface area contributed by atoms with Crippen molar-refractivity contribution in [1.82, 2.24) is 4.72 Å². The Labute approximate surface area is 130 Å². The third-order valence-electron chi connectivity index (χ3n) is 3.43. The number of aryl methyl sites for hydroxylation is 1. The van der Waals surface area contributed by atoms with Gasteiger partial charge in [-0.15, -0.1) is 4.72 Å². The minimum Gasteiger partial charge on any atom is -0.598 e. The van der Waals surface area contributed by atoms with Crippen molar-refractivity contribution in [1.29, 1.82) is 0 Å². The van der Waals surface area contributed by atoms with Crippen molar-refractivity contribution in [3.05, 3.63) is 34.9 Å². The van der Waals surface area contributed by atoms with Crippen LogP contribution in [0.1, 0.15) is 49.9 Å². The zero-order valence-electron chi connectivity index (χ0n) is 13.6. The molecule has 4 nitrogen and oxygen atoms in total. The molecular weight excluding hydrogens is 286 g/mol. The summed E-state index contributed by atoms with van der Waals surface area (Å²) in [6.45, 7) is 9.72. The van der Waals surface area contributed by atoms with Crippen molar-refractivity contribution in [2.75, 3.05) is 7.11 Å². The molecule has 0 amide bonds. The van der Waals surface area contributed by atoms with Gasteiger partial charge in [0.2, 0.25) is 0 Å². The average Bonchev–Trinajstić information content (AvgIpc) is 2.39. The number of hydrogen-bond donors (Lipinski definition) is 1. The first-order chi connectivity index (χ1) is 9.66. The van der Waals surface area contributed by atoms with Crippen molar-refractivity contribution in [3.63, 3.8) is 0 Å². The first-order valence-corrected chi connectivity index (χ1v) is 8.12. The van der Waals surface area contributed by atoms with Crippen molar-refractivity contribution in [3.8, 4) is 0 Å². The van der Waals surface area contributed by atoms with Crippen LogP contribution in [-0.2, 0) is 20.9 Å². The average molecular weight is 311 g/mol. The number of rotatable bonds is 5. The van der Waals surface area contributed by atoms with Gasteiger partial charge in [0.1, 0.15) is 4.75 Å². The SMILES string of the molecule is COC(=O)C[C@H](N[S+]([O-])C(C)(C)C)c1cccc(C)c1C. The van der Waals surface area contributed by atoms with E-state index in [-0.39, 0.29) is 18.4 Å². The second-order valence-corrected chi connectivity index (χ2v) is 8.12. The summed E-state index contributed by atoms with van der Waals surface area (Å²) in [6.07, 6.45) is 0.155. The zero-order chi connectivity index (χ0) is 16.2. The van der Waals surface area contributed by atoms with Crippen LogP contribution in [0.2, 0.25) is 0 Å². The Morgan fingerprint density at radius 2 is 2.00 bits per heavy atom. The van der Waals surface area contributed by atoms with E-state index >= 15 is 0 Å². The molecular formula is C16H25NO3S. The molecule has 1 aromatic rings. The number of methoxy groups -OCH3 is 1. The van der Waals surface area contributed by atoms with E-state index in [1.165, 1.54) is 7.11 Å². The minimum absolute atomic E-state index is 0.155. The highest BCUT2D eigenvalue weighted by Crippen LogP contribution is 2.26. The third kappa shape index (κ3) is 5.02. The summed E-state index contributed by atoms with van der Waals surface area (Å²) in [6, 6.07) is 5.61. The van der Waals surface area contributed by atoms with Crippen molar-refractivity contribution in [2.45, 2.75) is 51.8 Å². The predicted octanol–water partition coefficient (Wildman–Crippen LogP) is 2.96. The van der Waals surface area contributed by atoms with Crippen LogP contribution in [0.3, 0.4) is 0 Å². The van der Waals surface area contributed by atoms with Crippen LogP contribution in [0.25, 0.3) is 0 Å². The highest BCUT2D eigenvalue weighted by atomic mass is 32.2. The van der Waals surface area contributed by atoms with Gasteiger partial charge in [-0.25, -0.2) is 0 Å². The molecule has 1 unspecified atom stereocenters. The van der Waals surface area contributed by atoms with Crippen LogP contribution in [0, 0.1) is 13.8 Å².